The lowest BCUT2D eigenvalue weighted by molar-refractivity contribution is 0.287. The van der Waals surface area contributed by atoms with Crippen molar-refractivity contribution in [1.82, 2.24) is 34.3 Å². The van der Waals surface area contributed by atoms with Gasteiger partial charge in [0.2, 0.25) is 0 Å². The number of anilines is 1. The number of hydrogen-bond donors (Lipinski definition) is 0. The number of piperazine rings is 1. The average molecular weight is 518 g/mol. The first-order chi connectivity index (χ1) is 19.1. The largest absolute Gasteiger partial charge is 0.354 e. The molecule has 5 aromatic heterocycles. The van der Waals surface area contributed by atoms with Crippen LogP contribution in [0.1, 0.15) is 11.3 Å². The molecule has 192 valence electrons. The van der Waals surface area contributed by atoms with Gasteiger partial charge in [0.05, 0.1) is 30.0 Å². The molecule has 9 nitrogen and oxygen atoms in total. The maximum absolute atomic E-state index is 13.7. The van der Waals surface area contributed by atoms with Gasteiger partial charge in [0.15, 0.2) is 5.82 Å². The van der Waals surface area contributed by atoms with Crippen LogP contribution in [0.4, 0.5) is 10.2 Å². The number of rotatable bonds is 4. The molecule has 0 aromatic carbocycles. The molecule has 0 aliphatic carbocycles. The van der Waals surface area contributed by atoms with E-state index in [9.17, 15) is 9.65 Å². The van der Waals surface area contributed by atoms with E-state index in [0.29, 0.717) is 12.1 Å². The third-order valence-corrected chi connectivity index (χ3v) is 6.79. The summed E-state index contributed by atoms with van der Waals surface area (Å²) in [5, 5.41) is 18.4. The first kappa shape index (κ1) is 24.3. The molecule has 39 heavy (non-hydrogen) atoms. The van der Waals surface area contributed by atoms with Gasteiger partial charge in [-0.1, -0.05) is 5.92 Å². The van der Waals surface area contributed by atoms with Crippen molar-refractivity contribution in [2.24, 2.45) is 7.05 Å². The molecule has 0 radical (unpaired) electrons. The zero-order chi connectivity index (χ0) is 26.8. The van der Waals surface area contributed by atoms with Crippen LogP contribution in [0, 0.1) is 29.0 Å². The lowest BCUT2D eigenvalue weighted by atomic mass is 10.0. The number of nitrogens with zero attached hydrogens (tertiary/aromatic N) is 9. The molecule has 0 unspecified atom stereocenters. The smallest absolute Gasteiger partial charge is 0.157 e. The second kappa shape index (κ2) is 10.4. The quantitative estimate of drug-likeness (QED) is 0.338. The van der Waals surface area contributed by atoms with Gasteiger partial charge in [0.1, 0.15) is 17.6 Å². The average Bonchev–Trinajstić information content (AvgIpc) is 3.60. The lowest BCUT2D eigenvalue weighted by Gasteiger charge is -2.34. The number of aryl methyl sites for hydroxylation is 1. The van der Waals surface area contributed by atoms with Crippen LogP contribution in [0.25, 0.3) is 27.8 Å². The van der Waals surface area contributed by atoms with Gasteiger partial charge in [-0.15, -0.1) is 0 Å². The van der Waals surface area contributed by atoms with Gasteiger partial charge in [-0.25, -0.2) is 18.9 Å². The van der Waals surface area contributed by atoms with Gasteiger partial charge in [-0.05, 0) is 36.3 Å². The van der Waals surface area contributed by atoms with E-state index in [4.69, 9.17) is 4.98 Å². The molecule has 0 atom stereocenters. The fourth-order valence-corrected chi connectivity index (χ4v) is 4.73. The van der Waals surface area contributed by atoms with Crippen LogP contribution in [0.2, 0.25) is 0 Å². The maximum atomic E-state index is 13.7. The molecule has 6 rings (SSSR count). The Hall–Kier alpha value is -5.06. The van der Waals surface area contributed by atoms with Gasteiger partial charge in [0, 0.05) is 80.3 Å². The highest BCUT2D eigenvalue weighted by Gasteiger charge is 2.19. The molecule has 6 heterocycles. The predicted molar refractivity (Wildman–Crippen MR) is 145 cm³/mol. The van der Waals surface area contributed by atoms with Crippen molar-refractivity contribution in [2.45, 2.75) is 0 Å². The summed E-state index contributed by atoms with van der Waals surface area (Å²) in [6.45, 7) is 3.85. The Bertz CT molecular complexity index is 1740. The van der Waals surface area contributed by atoms with E-state index in [1.165, 1.54) is 6.07 Å². The van der Waals surface area contributed by atoms with Gasteiger partial charge in [0.25, 0.3) is 0 Å². The monoisotopic (exact) mass is 517 g/mol. The van der Waals surface area contributed by atoms with Gasteiger partial charge in [-0.3, -0.25) is 9.58 Å². The minimum absolute atomic E-state index is 0.182. The standard InChI is InChI=1S/C29H24FN9/c1-36-19-24(18-34-36)22-14-25(29-23(15-31)17-35-39(29)20-22)21-6-7-28(33-16-21)38-12-10-37(11-13-38)9-3-5-27-26(30)4-2-8-32-27/h2,4,6-8,14,16-20H,9-13H2,1H3. The van der Waals surface area contributed by atoms with Crippen LogP contribution in [-0.4, -0.2) is 67.0 Å². The van der Waals surface area contributed by atoms with Crippen molar-refractivity contribution >= 4 is 11.3 Å². The fraction of sp³-hybridized carbons (Fsp3) is 0.207. The molecule has 0 bridgehead atoms. The molecule has 0 amide bonds. The minimum Gasteiger partial charge on any atom is -0.354 e. The Labute approximate surface area is 224 Å². The summed E-state index contributed by atoms with van der Waals surface area (Å²) in [4.78, 5) is 13.2. The number of fused-ring (bicyclic) bond motifs is 1. The Balaban J connectivity index is 1.19. The van der Waals surface area contributed by atoms with Crippen molar-refractivity contribution in [1.29, 1.82) is 5.26 Å². The number of aromatic nitrogens is 6. The fourth-order valence-electron chi connectivity index (χ4n) is 4.73. The molecule has 1 saturated heterocycles. The minimum atomic E-state index is -0.397. The zero-order valence-corrected chi connectivity index (χ0v) is 21.3. The lowest BCUT2D eigenvalue weighted by Crippen LogP contribution is -2.46. The number of hydrogen-bond acceptors (Lipinski definition) is 7. The summed E-state index contributed by atoms with van der Waals surface area (Å²) < 4.78 is 17.2. The molecule has 0 saturated carbocycles. The highest BCUT2D eigenvalue weighted by atomic mass is 19.1. The van der Waals surface area contributed by atoms with E-state index < -0.39 is 5.82 Å². The van der Waals surface area contributed by atoms with Gasteiger partial charge < -0.3 is 4.90 Å². The number of pyridine rings is 3. The van der Waals surface area contributed by atoms with E-state index in [0.717, 1.165) is 59.8 Å². The number of nitriles is 1. The second-order valence-electron chi connectivity index (χ2n) is 9.31. The van der Waals surface area contributed by atoms with Crippen LogP contribution in [0.15, 0.2) is 67.5 Å². The molecular formula is C29H24FN9. The summed E-state index contributed by atoms with van der Waals surface area (Å²) >= 11 is 0. The summed E-state index contributed by atoms with van der Waals surface area (Å²) in [6.07, 6.45) is 10.7. The zero-order valence-electron chi connectivity index (χ0n) is 21.3. The second-order valence-corrected chi connectivity index (χ2v) is 9.31. The van der Waals surface area contributed by atoms with Crippen molar-refractivity contribution in [3.63, 3.8) is 0 Å². The van der Waals surface area contributed by atoms with Crippen LogP contribution in [0.5, 0.6) is 0 Å². The Morgan fingerprint density at radius 2 is 1.82 bits per heavy atom. The molecule has 10 heteroatoms. The van der Waals surface area contributed by atoms with Crippen molar-refractivity contribution < 1.29 is 4.39 Å². The molecule has 1 aliphatic heterocycles. The Morgan fingerprint density at radius 1 is 0.949 bits per heavy atom. The predicted octanol–water partition coefficient (Wildman–Crippen LogP) is 3.38. The van der Waals surface area contributed by atoms with Crippen LogP contribution < -0.4 is 4.90 Å². The van der Waals surface area contributed by atoms with Gasteiger partial charge in [-0.2, -0.15) is 15.5 Å². The first-order valence-corrected chi connectivity index (χ1v) is 12.5. The molecular weight excluding hydrogens is 493 g/mol. The maximum Gasteiger partial charge on any atom is 0.157 e. The molecule has 5 aromatic rings. The van der Waals surface area contributed by atoms with Crippen LogP contribution in [0.3, 0.4) is 0 Å². The van der Waals surface area contributed by atoms with Crippen molar-refractivity contribution in [3.8, 4) is 40.2 Å². The summed E-state index contributed by atoms with van der Waals surface area (Å²) in [6, 6.07) is 11.3. The van der Waals surface area contributed by atoms with Crippen molar-refractivity contribution in [2.75, 3.05) is 37.6 Å². The van der Waals surface area contributed by atoms with E-state index in [2.05, 4.69) is 49.0 Å². The van der Waals surface area contributed by atoms with E-state index >= 15 is 0 Å². The van der Waals surface area contributed by atoms with Gasteiger partial charge >= 0.3 is 0 Å². The highest BCUT2D eigenvalue weighted by Crippen LogP contribution is 2.32. The Kier molecular flexibility index (Phi) is 6.45. The summed E-state index contributed by atoms with van der Waals surface area (Å²) in [7, 11) is 1.88. The summed E-state index contributed by atoms with van der Waals surface area (Å²) in [5.41, 5.74) is 5.15. The molecule has 0 N–H and O–H groups in total. The first-order valence-electron chi connectivity index (χ1n) is 12.5. The SMILES string of the molecule is Cn1cc(-c2cc(-c3ccc(N4CCN(CC#Cc5ncccc5F)CC4)nc3)c3c(C#N)cnn3c2)cn1. The third-order valence-electron chi connectivity index (χ3n) is 6.79. The van der Waals surface area contributed by atoms with Crippen molar-refractivity contribution in [3.05, 3.63) is 84.6 Å². The van der Waals surface area contributed by atoms with E-state index in [-0.39, 0.29) is 5.69 Å². The molecule has 0 spiro atoms. The summed E-state index contributed by atoms with van der Waals surface area (Å²) in [5.74, 6) is 6.36. The molecule has 1 fully saturated rings. The van der Waals surface area contributed by atoms with E-state index in [1.54, 1.807) is 27.7 Å². The normalized spacial score (nSPS) is 13.7. The number of halogens is 1. The highest BCUT2D eigenvalue weighted by molar-refractivity contribution is 5.87. The van der Waals surface area contributed by atoms with Crippen LogP contribution in [-0.2, 0) is 7.05 Å². The Morgan fingerprint density at radius 3 is 2.54 bits per heavy atom. The topological polar surface area (TPSA) is 91.2 Å². The van der Waals surface area contributed by atoms with Crippen LogP contribution >= 0.6 is 0 Å². The third kappa shape index (κ3) is 4.93. The molecule has 1 aliphatic rings. The van der Waals surface area contributed by atoms with E-state index in [1.807, 2.05) is 44.0 Å².